The minimum atomic E-state index is -3.17. The van der Waals surface area contributed by atoms with E-state index in [1.165, 1.54) is 30.1 Å². The first-order valence-electron chi connectivity index (χ1n) is 6.47. The fourth-order valence-corrected chi connectivity index (χ4v) is 2.61. The van der Waals surface area contributed by atoms with Crippen LogP contribution in [0.2, 0.25) is 0 Å². The fraction of sp³-hybridized carbons (Fsp3) is 0.583. The summed E-state index contributed by atoms with van der Waals surface area (Å²) in [5, 5.41) is 2.99. The van der Waals surface area contributed by atoms with Crippen molar-refractivity contribution in [1.29, 1.82) is 0 Å². The number of hydrogen-bond acceptors (Lipinski definition) is 7. The maximum atomic E-state index is 11.4. The zero-order valence-corrected chi connectivity index (χ0v) is 13.2. The zero-order valence-electron chi connectivity index (χ0n) is 12.4. The first-order valence-corrected chi connectivity index (χ1v) is 8.32. The van der Waals surface area contributed by atoms with Crippen LogP contribution in [-0.4, -0.2) is 61.7 Å². The number of nitrogens with one attached hydrogen (secondary N) is 1. The predicted octanol–water partition coefficient (Wildman–Crippen LogP) is 0.347. The summed E-state index contributed by atoms with van der Waals surface area (Å²) in [4.78, 5) is 19.2. The molecule has 9 heteroatoms. The summed E-state index contributed by atoms with van der Waals surface area (Å²) in [7, 11) is -1.89. The maximum Gasteiger partial charge on any atom is 0.358 e. The molecule has 0 radical (unpaired) electrons. The molecule has 1 aromatic rings. The van der Waals surface area contributed by atoms with E-state index in [1.54, 1.807) is 6.92 Å². The summed E-state index contributed by atoms with van der Waals surface area (Å²) >= 11 is 0. The molecule has 0 spiro atoms. The Hall–Kier alpha value is -1.74. The van der Waals surface area contributed by atoms with Gasteiger partial charge in [-0.3, -0.25) is 4.98 Å². The summed E-state index contributed by atoms with van der Waals surface area (Å²) in [5.74, 6) is -0.110. The van der Waals surface area contributed by atoms with Crippen molar-refractivity contribution >= 4 is 21.8 Å². The van der Waals surface area contributed by atoms with E-state index in [0.717, 1.165) is 0 Å². The van der Waals surface area contributed by atoms with Crippen molar-refractivity contribution in [3.05, 3.63) is 18.1 Å². The van der Waals surface area contributed by atoms with E-state index in [2.05, 4.69) is 20.0 Å². The Morgan fingerprint density at radius 3 is 2.71 bits per heavy atom. The Morgan fingerprint density at radius 1 is 1.43 bits per heavy atom. The van der Waals surface area contributed by atoms with E-state index in [0.29, 0.717) is 31.9 Å². The number of sulfonamides is 1. The van der Waals surface area contributed by atoms with Gasteiger partial charge in [-0.15, -0.1) is 0 Å². The Balaban J connectivity index is 2.48. The molecule has 1 aromatic heterocycles. The maximum absolute atomic E-state index is 11.4. The number of aromatic nitrogens is 2. The summed E-state index contributed by atoms with van der Waals surface area (Å²) < 4.78 is 28.8. The van der Waals surface area contributed by atoms with Crippen LogP contribution in [0.5, 0.6) is 0 Å². The third-order valence-corrected chi connectivity index (χ3v) is 4.12. The Kier molecular flexibility index (Phi) is 6.50. The lowest BCUT2D eigenvalue weighted by atomic mass is 10.4. The van der Waals surface area contributed by atoms with Crippen LogP contribution < -0.4 is 5.32 Å². The number of esters is 1. The quantitative estimate of drug-likeness (QED) is 0.545. The molecule has 0 aromatic carbocycles. The summed E-state index contributed by atoms with van der Waals surface area (Å²) in [6.45, 7) is 3.17. The van der Waals surface area contributed by atoms with Gasteiger partial charge in [0, 0.05) is 19.6 Å². The lowest BCUT2D eigenvalue weighted by Gasteiger charge is -2.17. The molecule has 0 amide bonds. The number of carbonyl (C=O) groups excluding carboxylic acids is 1. The molecule has 8 nitrogen and oxygen atoms in total. The first kappa shape index (κ1) is 17.3. The van der Waals surface area contributed by atoms with Gasteiger partial charge in [-0.25, -0.2) is 22.5 Å². The smallest absolute Gasteiger partial charge is 0.358 e. The average molecular weight is 316 g/mol. The van der Waals surface area contributed by atoms with Gasteiger partial charge in [0.1, 0.15) is 5.82 Å². The second kappa shape index (κ2) is 7.89. The highest BCUT2D eigenvalue weighted by atomic mass is 32.2. The van der Waals surface area contributed by atoms with Crippen LogP contribution >= 0.6 is 0 Å². The van der Waals surface area contributed by atoms with E-state index in [-0.39, 0.29) is 5.69 Å². The van der Waals surface area contributed by atoms with Gasteiger partial charge in [0.2, 0.25) is 10.0 Å². The summed E-state index contributed by atoms with van der Waals surface area (Å²) in [6, 6.07) is 0. The Morgan fingerprint density at radius 2 is 2.14 bits per heavy atom. The molecule has 1 rings (SSSR count). The lowest BCUT2D eigenvalue weighted by Crippen LogP contribution is -2.31. The molecule has 0 bridgehead atoms. The summed E-state index contributed by atoms with van der Waals surface area (Å²) in [6.07, 6.45) is 4.61. The number of nitrogens with zero attached hydrogens (tertiary/aromatic N) is 3. The minimum absolute atomic E-state index is 0.119. The van der Waals surface area contributed by atoms with Crippen molar-refractivity contribution in [3.63, 3.8) is 0 Å². The van der Waals surface area contributed by atoms with Gasteiger partial charge in [-0.2, -0.15) is 0 Å². The molecular weight excluding hydrogens is 296 g/mol. The topological polar surface area (TPSA) is 101 Å². The predicted molar refractivity (Wildman–Crippen MR) is 78.6 cm³/mol. The molecule has 1 N–H and O–H groups in total. The second-order valence-corrected chi connectivity index (χ2v) is 6.30. The highest BCUT2D eigenvalue weighted by Gasteiger charge is 2.13. The third kappa shape index (κ3) is 5.64. The van der Waals surface area contributed by atoms with E-state index < -0.39 is 16.0 Å². The first-order chi connectivity index (χ1) is 9.88. The van der Waals surface area contributed by atoms with Crippen molar-refractivity contribution < 1.29 is 17.9 Å². The number of anilines is 1. The van der Waals surface area contributed by atoms with Crippen molar-refractivity contribution in [2.75, 3.05) is 38.3 Å². The molecule has 0 saturated heterocycles. The van der Waals surface area contributed by atoms with Crippen molar-refractivity contribution in [3.8, 4) is 0 Å². The largest absolute Gasteiger partial charge is 0.464 e. The summed E-state index contributed by atoms with van der Waals surface area (Å²) in [5.41, 5.74) is 0.119. The molecule has 0 aliphatic carbocycles. The number of carbonyl (C=O) groups is 1. The van der Waals surface area contributed by atoms with Gasteiger partial charge in [0.25, 0.3) is 0 Å². The van der Waals surface area contributed by atoms with Crippen LogP contribution in [0.25, 0.3) is 0 Å². The molecule has 21 heavy (non-hydrogen) atoms. The fourth-order valence-electron chi connectivity index (χ4n) is 1.68. The van der Waals surface area contributed by atoms with Crippen molar-refractivity contribution in [1.82, 2.24) is 14.3 Å². The molecule has 0 aliphatic heterocycles. The van der Waals surface area contributed by atoms with Crippen molar-refractivity contribution in [2.24, 2.45) is 0 Å². The molecule has 1 heterocycles. The van der Waals surface area contributed by atoms with Gasteiger partial charge in [-0.05, 0) is 6.42 Å². The van der Waals surface area contributed by atoms with Gasteiger partial charge in [-0.1, -0.05) is 6.92 Å². The van der Waals surface area contributed by atoms with Gasteiger partial charge >= 0.3 is 5.97 Å². The molecule has 0 fully saturated rings. The zero-order chi connectivity index (χ0) is 15.9. The average Bonchev–Trinajstić information content (AvgIpc) is 2.45. The van der Waals surface area contributed by atoms with Gasteiger partial charge in [0.05, 0.1) is 25.8 Å². The molecule has 0 unspecified atom stereocenters. The van der Waals surface area contributed by atoms with Crippen LogP contribution in [0.15, 0.2) is 12.4 Å². The van der Waals surface area contributed by atoms with E-state index in [4.69, 9.17) is 0 Å². The normalized spacial score (nSPS) is 11.4. The van der Waals surface area contributed by atoms with E-state index >= 15 is 0 Å². The molecule has 118 valence electrons. The van der Waals surface area contributed by atoms with Gasteiger partial charge < -0.3 is 10.1 Å². The second-order valence-electron chi connectivity index (χ2n) is 4.32. The SMILES string of the molecule is CCN(CCCNc1cncc(C(=O)OC)n1)S(C)(=O)=O. The standard InChI is InChI=1S/C12H20N4O4S/c1-4-16(21(3,18)19)7-5-6-14-11-9-13-8-10(15-11)12(17)20-2/h8-9H,4-7H2,1-3H3,(H,14,15). The number of hydrogen-bond donors (Lipinski definition) is 1. The highest BCUT2D eigenvalue weighted by Crippen LogP contribution is 2.04. The third-order valence-electron chi connectivity index (χ3n) is 2.74. The molecule has 0 atom stereocenters. The number of ether oxygens (including phenoxy) is 1. The minimum Gasteiger partial charge on any atom is -0.464 e. The lowest BCUT2D eigenvalue weighted by molar-refractivity contribution is 0.0593. The van der Waals surface area contributed by atoms with Crippen LogP contribution in [0, 0.1) is 0 Å². The number of methoxy groups -OCH3 is 1. The Labute approximate surface area is 124 Å². The van der Waals surface area contributed by atoms with E-state index in [1.807, 2.05) is 0 Å². The van der Waals surface area contributed by atoms with Gasteiger partial charge in [0.15, 0.2) is 5.69 Å². The van der Waals surface area contributed by atoms with E-state index in [9.17, 15) is 13.2 Å². The van der Waals surface area contributed by atoms with Crippen molar-refractivity contribution in [2.45, 2.75) is 13.3 Å². The monoisotopic (exact) mass is 316 g/mol. The molecule has 0 saturated carbocycles. The van der Waals surface area contributed by atoms with Crippen LogP contribution in [-0.2, 0) is 14.8 Å². The molecule has 0 aliphatic rings. The van der Waals surface area contributed by atoms with Crippen LogP contribution in [0.1, 0.15) is 23.8 Å². The van der Waals surface area contributed by atoms with Crippen LogP contribution in [0.3, 0.4) is 0 Å². The Bertz CT molecular complexity index is 576. The van der Waals surface area contributed by atoms with Crippen LogP contribution in [0.4, 0.5) is 5.82 Å². The number of rotatable bonds is 8. The molecular formula is C12H20N4O4S. The highest BCUT2D eigenvalue weighted by molar-refractivity contribution is 7.88.